The number of carbonyl (C=O) groups is 1. The SMILES string of the molecule is N#Cc1cc(F)cc(COc2cc(C(=O)O)ccc2N)c1. The summed E-state index contributed by atoms with van der Waals surface area (Å²) in [6, 6.07) is 9.76. The molecule has 0 amide bonds. The quantitative estimate of drug-likeness (QED) is 0.842. The fourth-order valence-electron chi connectivity index (χ4n) is 1.75. The van der Waals surface area contributed by atoms with Crippen LogP contribution in [-0.4, -0.2) is 11.1 Å². The first-order chi connectivity index (χ1) is 9.99. The van der Waals surface area contributed by atoms with Crippen molar-refractivity contribution in [3.63, 3.8) is 0 Å². The predicted octanol–water partition coefficient (Wildman–Crippen LogP) is 2.56. The summed E-state index contributed by atoms with van der Waals surface area (Å²) in [5, 5.41) is 17.7. The first kappa shape index (κ1) is 14.3. The molecule has 0 fully saturated rings. The van der Waals surface area contributed by atoms with Gasteiger partial charge in [-0.2, -0.15) is 5.26 Å². The summed E-state index contributed by atoms with van der Waals surface area (Å²) >= 11 is 0. The van der Waals surface area contributed by atoms with E-state index in [4.69, 9.17) is 20.8 Å². The van der Waals surface area contributed by atoms with E-state index in [1.54, 1.807) is 0 Å². The van der Waals surface area contributed by atoms with Gasteiger partial charge in [-0.05, 0) is 42.0 Å². The number of hydrogen-bond donors (Lipinski definition) is 2. The number of anilines is 1. The molecule has 21 heavy (non-hydrogen) atoms. The van der Waals surface area contributed by atoms with Gasteiger partial charge in [0.1, 0.15) is 18.2 Å². The van der Waals surface area contributed by atoms with Crippen LogP contribution < -0.4 is 10.5 Å². The molecule has 0 bridgehead atoms. The second-order valence-corrected chi connectivity index (χ2v) is 4.31. The van der Waals surface area contributed by atoms with E-state index >= 15 is 0 Å². The molecular weight excluding hydrogens is 275 g/mol. The van der Waals surface area contributed by atoms with Gasteiger partial charge in [-0.3, -0.25) is 0 Å². The monoisotopic (exact) mass is 286 g/mol. The summed E-state index contributed by atoms with van der Waals surface area (Å²) in [4.78, 5) is 10.9. The Morgan fingerprint density at radius 1 is 1.33 bits per heavy atom. The number of aromatic carboxylic acids is 1. The molecule has 6 heteroatoms. The Labute approximate surface area is 120 Å². The van der Waals surface area contributed by atoms with Gasteiger partial charge in [-0.25, -0.2) is 9.18 Å². The van der Waals surface area contributed by atoms with Gasteiger partial charge >= 0.3 is 5.97 Å². The van der Waals surface area contributed by atoms with Crippen LogP contribution in [0.2, 0.25) is 0 Å². The molecule has 0 radical (unpaired) electrons. The Balaban J connectivity index is 2.20. The minimum absolute atomic E-state index is 0.0281. The first-order valence-corrected chi connectivity index (χ1v) is 5.95. The molecule has 0 aliphatic carbocycles. The molecule has 0 saturated heterocycles. The van der Waals surface area contributed by atoms with Crippen LogP contribution in [0.3, 0.4) is 0 Å². The van der Waals surface area contributed by atoms with Crippen molar-refractivity contribution < 1.29 is 19.0 Å². The molecule has 0 atom stereocenters. The number of ether oxygens (including phenoxy) is 1. The smallest absolute Gasteiger partial charge is 0.335 e. The molecule has 0 heterocycles. The molecule has 2 aromatic carbocycles. The minimum Gasteiger partial charge on any atom is -0.487 e. The van der Waals surface area contributed by atoms with E-state index in [2.05, 4.69) is 0 Å². The average Bonchev–Trinajstić information content (AvgIpc) is 2.45. The zero-order valence-electron chi connectivity index (χ0n) is 10.8. The largest absolute Gasteiger partial charge is 0.487 e. The Hall–Kier alpha value is -3.07. The topological polar surface area (TPSA) is 96.3 Å². The number of benzene rings is 2. The van der Waals surface area contributed by atoms with Gasteiger partial charge in [0.05, 0.1) is 22.9 Å². The molecule has 0 saturated carbocycles. The number of nitriles is 1. The van der Waals surface area contributed by atoms with Crippen molar-refractivity contribution in [2.75, 3.05) is 5.73 Å². The lowest BCUT2D eigenvalue weighted by Crippen LogP contribution is -2.03. The van der Waals surface area contributed by atoms with Crippen molar-refractivity contribution in [1.82, 2.24) is 0 Å². The van der Waals surface area contributed by atoms with Gasteiger partial charge in [-0.1, -0.05) is 0 Å². The lowest BCUT2D eigenvalue weighted by molar-refractivity contribution is 0.0696. The van der Waals surface area contributed by atoms with E-state index in [0.29, 0.717) is 5.56 Å². The number of nitrogens with zero attached hydrogens (tertiary/aromatic N) is 1. The average molecular weight is 286 g/mol. The molecule has 0 spiro atoms. The highest BCUT2D eigenvalue weighted by molar-refractivity contribution is 5.89. The van der Waals surface area contributed by atoms with Crippen molar-refractivity contribution in [3.8, 4) is 11.8 Å². The maximum Gasteiger partial charge on any atom is 0.335 e. The molecule has 5 nitrogen and oxygen atoms in total. The van der Waals surface area contributed by atoms with Crippen molar-refractivity contribution in [1.29, 1.82) is 5.26 Å². The highest BCUT2D eigenvalue weighted by atomic mass is 19.1. The van der Waals surface area contributed by atoms with Crippen molar-refractivity contribution in [2.45, 2.75) is 6.61 Å². The summed E-state index contributed by atoms with van der Waals surface area (Å²) in [6.07, 6.45) is 0. The van der Waals surface area contributed by atoms with E-state index in [-0.39, 0.29) is 29.2 Å². The van der Waals surface area contributed by atoms with Crippen LogP contribution in [0.5, 0.6) is 5.75 Å². The minimum atomic E-state index is -1.10. The van der Waals surface area contributed by atoms with E-state index in [1.807, 2.05) is 6.07 Å². The first-order valence-electron chi connectivity index (χ1n) is 5.95. The van der Waals surface area contributed by atoms with E-state index in [0.717, 1.165) is 6.07 Å². The zero-order chi connectivity index (χ0) is 15.4. The van der Waals surface area contributed by atoms with Crippen LogP contribution in [0.1, 0.15) is 21.5 Å². The van der Waals surface area contributed by atoms with Gasteiger partial charge in [0.25, 0.3) is 0 Å². The van der Waals surface area contributed by atoms with Crippen molar-refractivity contribution in [2.24, 2.45) is 0 Å². The van der Waals surface area contributed by atoms with E-state index in [9.17, 15) is 9.18 Å². The standard InChI is InChI=1S/C15H11FN2O3/c16-12-4-9(7-17)3-10(5-12)8-21-14-6-11(15(19)20)1-2-13(14)18/h1-6H,8,18H2,(H,19,20). The molecule has 0 aromatic heterocycles. The third-order valence-corrected chi connectivity index (χ3v) is 2.74. The lowest BCUT2D eigenvalue weighted by Gasteiger charge is -2.10. The maximum absolute atomic E-state index is 13.3. The normalized spacial score (nSPS) is 9.90. The van der Waals surface area contributed by atoms with Crippen LogP contribution >= 0.6 is 0 Å². The Bertz CT molecular complexity index is 738. The van der Waals surface area contributed by atoms with Crippen LogP contribution in [-0.2, 0) is 6.61 Å². The van der Waals surface area contributed by atoms with Crippen molar-refractivity contribution >= 4 is 11.7 Å². The second-order valence-electron chi connectivity index (χ2n) is 4.31. The molecule has 106 valence electrons. The van der Waals surface area contributed by atoms with Crippen molar-refractivity contribution in [3.05, 3.63) is 58.9 Å². The van der Waals surface area contributed by atoms with Gasteiger partial charge in [0.2, 0.25) is 0 Å². The van der Waals surface area contributed by atoms with Crippen LogP contribution in [0.25, 0.3) is 0 Å². The highest BCUT2D eigenvalue weighted by Crippen LogP contribution is 2.24. The summed E-state index contributed by atoms with van der Waals surface area (Å²) < 4.78 is 18.7. The fourth-order valence-corrected chi connectivity index (χ4v) is 1.75. The number of hydrogen-bond acceptors (Lipinski definition) is 4. The molecule has 0 aliphatic rings. The van der Waals surface area contributed by atoms with Gasteiger partial charge < -0.3 is 15.6 Å². The Kier molecular flexibility index (Phi) is 4.05. The number of rotatable bonds is 4. The number of nitrogens with two attached hydrogens (primary N) is 1. The van der Waals surface area contributed by atoms with Crippen LogP contribution in [0.15, 0.2) is 36.4 Å². The Morgan fingerprint density at radius 2 is 2.10 bits per heavy atom. The van der Waals surface area contributed by atoms with E-state index in [1.165, 1.54) is 30.3 Å². The van der Waals surface area contributed by atoms with E-state index < -0.39 is 11.8 Å². The zero-order valence-corrected chi connectivity index (χ0v) is 10.8. The molecule has 0 aliphatic heterocycles. The second kappa shape index (κ2) is 5.92. The summed E-state index contributed by atoms with van der Waals surface area (Å²) in [5.41, 5.74) is 6.64. The molecular formula is C15H11FN2O3. The number of carboxylic acids is 1. The number of nitrogen functional groups attached to an aromatic ring is 1. The predicted molar refractivity (Wildman–Crippen MR) is 73.3 cm³/mol. The van der Waals surface area contributed by atoms with Gasteiger partial charge in [0, 0.05) is 0 Å². The fraction of sp³-hybridized carbons (Fsp3) is 0.0667. The maximum atomic E-state index is 13.3. The lowest BCUT2D eigenvalue weighted by atomic mass is 10.1. The molecule has 3 N–H and O–H groups in total. The summed E-state index contributed by atoms with van der Waals surface area (Å²) in [5.74, 6) is -1.45. The number of carboxylic acid groups (broad SMARTS) is 1. The van der Waals surface area contributed by atoms with Crippen LogP contribution in [0, 0.1) is 17.1 Å². The summed E-state index contributed by atoms with van der Waals surface area (Å²) in [7, 11) is 0. The van der Waals surface area contributed by atoms with Gasteiger partial charge in [-0.15, -0.1) is 0 Å². The molecule has 2 aromatic rings. The van der Waals surface area contributed by atoms with Gasteiger partial charge in [0.15, 0.2) is 0 Å². The van der Waals surface area contributed by atoms with Crippen LogP contribution in [0.4, 0.5) is 10.1 Å². The molecule has 0 unspecified atom stereocenters. The third-order valence-electron chi connectivity index (χ3n) is 2.74. The summed E-state index contributed by atoms with van der Waals surface area (Å²) in [6.45, 7) is -0.0281. The third kappa shape index (κ3) is 3.48. The number of halogens is 1. The highest BCUT2D eigenvalue weighted by Gasteiger charge is 2.08. The Morgan fingerprint density at radius 3 is 2.76 bits per heavy atom. The molecule has 2 rings (SSSR count).